The quantitative estimate of drug-likeness (QED) is 0.526. The Bertz CT molecular complexity index is 947. The number of benzene rings is 2. The first-order valence-corrected chi connectivity index (χ1v) is 8.90. The molecule has 0 radical (unpaired) electrons. The van der Waals surface area contributed by atoms with E-state index in [1.54, 1.807) is 36.4 Å². The lowest BCUT2D eigenvalue weighted by molar-refractivity contribution is -0.0498. The number of ether oxygens (including phenoxy) is 1. The monoisotopic (exact) mass is 403 g/mol. The Kier molecular flexibility index (Phi) is 6.18. The van der Waals surface area contributed by atoms with E-state index in [0.29, 0.717) is 21.3 Å². The number of nitrogens with one attached hydrogen (secondary N) is 3. The van der Waals surface area contributed by atoms with Gasteiger partial charge in [0.05, 0.1) is 9.88 Å². The van der Waals surface area contributed by atoms with E-state index in [4.69, 9.17) is 0 Å². The summed E-state index contributed by atoms with van der Waals surface area (Å²) in [5.74, 6) is -0.385. The van der Waals surface area contributed by atoms with Crippen molar-refractivity contribution >= 4 is 39.7 Å². The van der Waals surface area contributed by atoms with Crippen LogP contribution >= 0.6 is 11.3 Å². The number of carbonyl (C=O) groups excluding carboxylic acids is 2. The number of anilines is 3. The topological polar surface area (TPSA) is 79.5 Å². The minimum Gasteiger partial charge on any atom is -0.435 e. The van der Waals surface area contributed by atoms with E-state index >= 15 is 0 Å². The van der Waals surface area contributed by atoms with Crippen LogP contribution in [0.5, 0.6) is 5.75 Å². The van der Waals surface area contributed by atoms with E-state index in [1.165, 1.54) is 24.3 Å². The average Bonchev–Trinajstić information content (AvgIpc) is 3.12. The summed E-state index contributed by atoms with van der Waals surface area (Å²) < 4.78 is 28.5. The summed E-state index contributed by atoms with van der Waals surface area (Å²) in [5.41, 5.74) is 1.07. The predicted molar refractivity (Wildman–Crippen MR) is 104 cm³/mol. The van der Waals surface area contributed by atoms with E-state index in [9.17, 15) is 18.4 Å². The fraction of sp³-hybridized carbons (Fsp3) is 0.0526. The zero-order chi connectivity index (χ0) is 19.9. The highest BCUT2D eigenvalue weighted by Crippen LogP contribution is 2.24. The summed E-state index contributed by atoms with van der Waals surface area (Å²) in [6.07, 6.45) is 0. The van der Waals surface area contributed by atoms with Crippen molar-refractivity contribution in [2.45, 2.75) is 6.61 Å². The van der Waals surface area contributed by atoms with Crippen LogP contribution in [0.4, 0.5) is 30.0 Å². The molecule has 3 N–H and O–H groups in total. The minimum atomic E-state index is -2.91. The van der Waals surface area contributed by atoms with Crippen LogP contribution in [0.25, 0.3) is 0 Å². The lowest BCUT2D eigenvalue weighted by Crippen LogP contribution is -2.18. The fourth-order valence-electron chi connectivity index (χ4n) is 2.24. The molecule has 9 heteroatoms. The molecule has 2 aromatic carbocycles. The molecule has 1 aromatic heterocycles. The third-order valence-corrected chi connectivity index (χ3v) is 4.43. The molecule has 0 spiro atoms. The molecule has 28 heavy (non-hydrogen) atoms. The summed E-state index contributed by atoms with van der Waals surface area (Å²) in [6.45, 7) is -2.91. The molecule has 6 nitrogen and oxygen atoms in total. The highest BCUT2D eigenvalue weighted by atomic mass is 32.1. The van der Waals surface area contributed by atoms with Crippen molar-refractivity contribution in [3.63, 3.8) is 0 Å². The predicted octanol–water partition coefficient (Wildman–Crippen LogP) is 5.25. The molecule has 0 aliphatic carbocycles. The number of halogens is 2. The molecule has 0 saturated carbocycles. The molecule has 0 aliphatic heterocycles. The maximum Gasteiger partial charge on any atom is 0.387 e. The van der Waals surface area contributed by atoms with Crippen LogP contribution in [-0.2, 0) is 0 Å². The third-order valence-electron chi connectivity index (χ3n) is 3.44. The number of urea groups is 1. The molecule has 0 bridgehead atoms. The van der Waals surface area contributed by atoms with Crippen LogP contribution in [0.3, 0.4) is 0 Å². The number of carbonyl (C=O) groups is 2. The van der Waals surface area contributed by atoms with Gasteiger partial charge in [-0.2, -0.15) is 8.78 Å². The molecule has 3 rings (SSSR count). The molecule has 0 atom stereocenters. The van der Waals surface area contributed by atoms with Gasteiger partial charge in [0.25, 0.3) is 5.91 Å². The van der Waals surface area contributed by atoms with Crippen LogP contribution in [0.1, 0.15) is 9.67 Å². The van der Waals surface area contributed by atoms with Gasteiger partial charge in [0.2, 0.25) is 0 Å². The first-order valence-electron chi connectivity index (χ1n) is 8.09. The van der Waals surface area contributed by atoms with E-state index in [-0.39, 0.29) is 11.7 Å². The molecule has 0 aliphatic rings. The van der Waals surface area contributed by atoms with Crippen LogP contribution in [0.15, 0.2) is 66.7 Å². The van der Waals surface area contributed by atoms with E-state index < -0.39 is 12.6 Å². The van der Waals surface area contributed by atoms with Gasteiger partial charge < -0.3 is 15.4 Å². The molecule has 0 unspecified atom stereocenters. The smallest absolute Gasteiger partial charge is 0.387 e. The zero-order valence-corrected chi connectivity index (χ0v) is 15.1. The Morgan fingerprint density at radius 3 is 2.18 bits per heavy atom. The second-order valence-corrected chi connectivity index (χ2v) is 6.55. The maximum atomic E-state index is 12.3. The van der Waals surface area contributed by atoms with Gasteiger partial charge in [-0.1, -0.05) is 18.2 Å². The van der Waals surface area contributed by atoms with Crippen LogP contribution in [0.2, 0.25) is 0 Å². The summed E-state index contributed by atoms with van der Waals surface area (Å²) in [4.78, 5) is 24.6. The highest BCUT2D eigenvalue weighted by Gasteiger charge is 2.12. The molecule has 144 valence electrons. The fourth-order valence-corrected chi connectivity index (χ4v) is 3.03. The van der Waals surface area contributed by atoms with Gasteiger partial charge in [-0.15, -0.1) is 11.3 Å². The number of hydrogen-bond acceptors (Lipinski definition) is 4. The first-order chi connectivity index (χ1) is 13.5. The van der Waals surface area contributed by atoms with E-state index in [2.05, 4.69) is 20.7 Å². The second-order valence-electron chi connectivity index (χ2n) is 5.47. The van der Waals surface area contributed by atoms with Crippen molar-refractivity contribution in [2.24, 2.45) is 0 Å². The molecular formula is C19H15F2N3O3S. The standard InChI is InChI=1S/C19H15F2N3O3S/c20-18(21)27-14-8-6-13(7-9-14)22-17(25)15-10-11-16(28-15)24-19(26)23-12-4-2-1-3-5-12/h1-11,18H,(H,22,25)(H2,23,24,26). The van der Waals surface area contributed by atoms with Crippen molar-refractivity contribution in [2.75, 3.05) is 16.0 Å². The number of para-hydroxylation sites is 1. The third kappa shape index (κ3) is 5.52. The molecule has 0 saturated heterocycles. The Balaban J connectivity index is 1.55. The summed E-state index contributed by atoms with van der Waals surface area (Å²) >= 11 is 1.10. The van der Waals surface area contributed by atoms with Gasteiger partial charge in [-0.3, -0.25) is 10.1 Å². The number of hydrogen-bond donors (Lipinski definition) is 3. The van der Waals surface area contributed by atoms with Gasteiger partial charge >= 0.3 is 12.6 Å². The van der Waals surface area contributed by atoms with Crippen molar-refractivity contribution < 1.29 is 23.1 Å². The zero-order valence-electron chi connectivity index (χ0n) is 14.3. The van der Waals surface area contributed by atoms with Crippen LogP contribution < -0.4 is 20.7 Å². The second kappa shape index (κ2) is 8.96. The maximum absolute atomic E-state index is 12.3. The Morgan fingerprint density at radius 2 is 1.50 bits per heavy atom. The van der Waals surface area contributed by atoms with Crippen molar-refractivity contribution in [1.82, 2.24) is 0 Å². The van der Waals surface area contributed by atoms with Gasteiger partial charge in [0.15, 0.2) is 0 Å². The highest BCUT2D eigenvalue weighted by molar-refractivity contribution is 7.18. The van der Waals surface area contributed by atoms with E-state index in [1.807, 2.05) is 6.07 Å². The number of thiophene rings is 1. The van der Waals surface area contributed by atoms with Crippen molar-refractivity contribution in [3.05, 3.63) is 71.6 Å². The Labute approximate surface area is 163 Å². The van der Waals surface area contributed by atoms with Gasteiger partial charge in [-0.05, 0) is 48.5 Å². The SMILES string of the molecule is O=C(Nc1ccccc1)Nc1ccc(C(=O)Nc2ccc(OC(F)F)cc2)s1. The number of alkyl halides is 2. The van der Waals surface area contributed by atoms with Crippen LogP contribution in [-0.4, -0.2) is 18.5 Å². The van der Waals surface area contributed by atoms with Gasteiger partial charge in [0.1, 0.15) is 5.75 Å². The van der Waals surface area contributed by atoms with Gasteiger partial charge in [0, 0.05) is 11.4 Å². The Hall–Kier alpha value is -3.46. The molecule has 0 fully saturated rings. The molecule has 1 heterocycles. The summed E-state index contributed by atoms with van der Waals surface area (Å²) in [7, 11) is 0. The van der Waals surface area contributed by atoms with Crippen molar-refractivity contribution in [3.8, 4) is 5.75 Å². The summed E-state index contributed by atoms with van der Waals surface area (Å²) in [5, 5.41) is 8.48. The summed E-state index contributed by atoms with van der Waals surface area (Å²) in [6, 6.07) is 17.3. The number of rotatable bonds is 6. The lowest BCUT2D eigenvalue weighted by Gasteiger charge is -2.07. The van der Waals surface area contributed by atoms with Gasteiger partial charge in [-0.25, -0.2) is 4.79 Å². The largest absolute Gasteiger partial charge is 0.435 e. The van der Waals surface area contributed by atoms with Crippen LogP contribution in [0, 0.1) is 0 Å². The van der Waals surface area contributed by atoms with E-state index in [0.717, 1.165) is 11.3 Å². The molecule has 3 aromatic rings. The molecule has 3 amide bonds. The minimum absolute atomic E-state index is 0.0000346. The van der Waals surface area contributed by atoms with Crippen molar-refractivity contribution in [1.29, 1.82) is 0 Å². The lowest BCUT2D eigenvalue weighted by atomic mass is 10.3. The average molecular weight is 403 g/mol. The first kappa shape index (κ1) is 19.3. The number of amides is 3. The normalized spacial score (nSPS) is 10.4. The molecular weight excluding hydrogens is 388 g/mol. The Morgan fingerprint density at radius 1 is 0.821 bits per heavy atom.